The minimum atomic E-state index is 0.359. The Bertz CT molecular complexity index is 581. The predicted octanol–water partition coefficient (Wildman–Crippen LogP) is 3.13. The number of hydrogen-bond donors (Lipinski definition) is 0. The van der Waals surface area contributed by atoms with Crippen LogP contribution in [0.15, 0.2) is 42.7 Å². The van der Waals surface area contributed by atoms with Gasteiger partial charge < -0.3 is 9.30 Å². The van der Waals surface area contributed by atoms with Crippen LogP contribution in [0.5, 0.6) is 0 Å². The molecular formula is C19H27N3O. The average Bonchev–Trinajstić information content (AvgIpc) is 3.03. The van der Waals surface area contributed by atoms with Gasteiger partial charge in [0.25, 0.3) is 0 Å². The van der Waals surface area contributed by atoms with Crippen LogP contribution in [0.1, 0.15) is 31.2 Å². The first-order valence-corrected chi connectivity index (χ1v) is 8.73. The fraction of sp³-hybridized carbons (Fsp3) is 0.526. The van der Waals surface area contributed by atoms with Crippen molar-refractivity contribution >= 4 is 0 Å². The Labute approximate surface area is 139 Å². The number of aryl methyl sites for hydroxylation is 2. The van der Waals surface area contributed by atoms with E-state index < -0.39 is 0 Å². The fourth-order valence-corrected chi connectivity index (χ4v) is 3.26. The van der Waals surface area contributed by atoms with Gasteiger partial charge in [-0.05, 0) is 31.7 Å². The quantitative estimate of drug-likeness (QED) is 0.787. The molecule has 0 N–H and O–H groups in total. The van der Waals surface area contributed by atoms with Crippen molar-refractivity contribution in [2.45, 2.75) is 45.4 Å². The normalized spacial score (nSPS) is 19.1. The lowest BCUT2D eigenvalue weighted by Crippen LogP contribution is -2.42. The third-order valence-electron chi connectivity index (χ3n) is 4.56. The zero-order valence-electron chi connectivity index (χ0n) is 14.0. The van der Waals surface area contributed by atoms with E-state index in [2.05, 4.69) is 57.9 Å². The molecule has 2 heterocycles. The van der Waals surface area contributed by atoms with Gasteiger partial charge in [0.15, 0.2) is 0 Å². The third kappa shape index (κ3) is 4.66. The van der Waals surface area contributed by atoms with Gasteiger partial charge in [-0.1, -0.05) is 30.3 Å². The number of imidazole rings is 1. The number of nitrogens with zero attached hydrogens (tertiary/aromatic N) is 3. The van der Waals surface area contributed by atoms with E-state index >= 15 is 0 Å². The third-order valence-corrected chi connectivity index (χ3v) is 4.56. The summed E-state index contributed by atoms with van der Waals surface area (Å²) >= 11 is 0. The SMILES string of the molecule is CCn1ccnc1CN1CCO[C@H](CCCc2ccccc2)C1. The maximum absolute atomic E-state index is 5.95. The molecule has 1 aliphatic rings. The second-order valence-electron chi connectivity index (χ2n) is 6.24. The molecule has 0 aliphatic carbocycles. The summed E-state index contributed by atoms with van der Waals surface area (Å²) < 4.78 is 8.18. The van der Waals surface area contributed by atoms with E-state index in [0.717, 1.165) is 51.5 Å². The molecule has 0 spiro atoms. The monoisotopic (exact) mass is 313 g/mol. The lowest BCUT2D eigenvalue weighted by Gasteiger charge is -2.32. The summed E-state index contributed by atoms with van der Waals surface area (Å²) in [7, 11) is 0. The van der Waals surface area contributed by atoms with E-state index in [1.807, 2.05) is 6.20 Å². The molecule has 2 aromatic rings. The van der Waals surface area contributed by atoms with Crippen LogP contribution in [0.3, 0.4) is 0 Å². The number of hydrogen-bond acceptors (Lipinski definition) is 3. The molecule has 1 aliphatic heterocycles. The molecule has 3 rings (SSSR count). The molecule has 1 aromatic carbocycles. The molecule has 0 radical (unpaired) electrons. The second kappa shape index (κ2) is 8.27. The molecule has 23 heavy (non-hydrogen) atoms. The zero-order chi connectivity index (χ0) is 15.9. The zero-order valence-corrected chi connectivity index (χ0v) is 14.0. The van der Waals surface area contributed by atoms with Crippen LogP contribution in [0.2, 0.25) is 0 Å². The van der Waals surface area contributed by atoms with E-state index in [1.54, 1.807) is 0 Å². The Morgan fingerprint density at radius 2 is 2.13 bits per heavy atom. The summed E-state index contributed by atoms with van der Waals surface area (Å²) in [5, 5.41) is 0. The summed E-state index contributed by atoms with van der Waals surface area (Å²) in [6, 6.07) is 10.7. The Morgan fingerprint density at radius 3 is 2.96 bits per heavy atom. The van der Waals surface area contributed by atoms with Gasteiger partial charge in [0.05, 0.1) is 19.3 Å². The number of aromatic nitrogens is 2. The maximum Gasteiger partial charge on any atom is 0.122 e. The molecule has 0 saturated carbocycles. The van der Waals surface area contributed by atoms with Gasteiger partial charge in [0, 0.05) is 32.0 Å². The van der Waals surface area contributed by atoms with Gasteiger partial charge in [-0.25, -0.2) is 4.98 Å². The van der Waals surface area contributed by atoms with Crippen LogP contribution in [0.4, 0.5) is 0 Å². The summed E-state index contributed by atoms with van der Waals surface area (Å²) in [6.45, 7) is 6.94. The first kappa shape index (κ1) is 16.2. The average molecular weight is 313 g/mol. The summed E-state index contributed by atoms with van der Waals surface area (Å²) in [4.78, 5) is 6.97. The summed E-state index contributed by atoms with van der Waals surface area (Å²) in [5.41, 5.74) is 1.42. The Hall–Kier alpha value is -1.65. The molecule has 0 bridgehead atoms. The molecule has 1 saturated heterocycles. The highest BCUT2D eigenvalue weighted by Crippen LogP contribution is 2.15. The molecule has 124 valence electrons. The molecule has 4 nitrogen and oxygen atoms in total. The van der Waals surface area contributed by atoms with Crippen LogP contribution in [-0.4, -0.2) is 40.3 Å². The lowest BCUT2D eigenvalue weighted by atomic mass is 10.1. The number of benzene rings is 1. The molecule has 4 heteroatoms. The largest absolute Gasteiger partial charge is 0.376 e. The summed E-state index contributed by atoms with van der Waals surface area (Å²) in [6.07, 6.45) is 7.78. The van der Waals surface area contributed by atoms with Crippen molar-refractivity contribution in [3.63, 3.8) is 0 Å². The molecule has 0 amide bonds. The molecule has 1 atom stereocenters. The van der Waals surface area contributed by atoms with Crippen molar-refractivity contribution in [1.82, 2.24) is 14.5 Å². The minimum Gasteiger partial charge on any atom is -0.376 e. The van der Waals surface area contributed by atoms with Crippen molar-refractivity contribution in [3.05, 3.63) is 54.1 Å². The first-order chi connectivity index (χ1) is 11.3. The van der Waals surface area contributed by atoms with Gasteiger partial charge in [-0.3, -0.25) is 4.90 Å². The van der Waals surface area contributed by atoms with Crippen molar-refractivity contribution in [1.29, 1.82) is 0 Å². The maximum atomic E-state index is 5.95. The Kier molecular flexibility index (Phi) is 5.83. The Morgan fingerprint density at radius 1 is 1.26 bits per heavy atom. The van der Waals surface area contributed by atoms with E-state index in [1.165, 1.54) is 12.0 Å². The highest BCUT2D eigenvalue weighted by molar-refractivity contribution is 5.14. The van der Waals surface area contributed by atoms with Gasteiger partial charge in [-0.2, -0.15) is 0 Å². The lowest BCUT2D eigenvalue weighted by molar-refractivity contribution is -0.0364. The van der Waals surface area contributed by atoms with Crippen molar-refractivity contribution in [2.75, 3.05) is 19.7 Å². The minimum absolute atomic E-state index is 0.359. The standard InChI is InChI=1S/C19H27N3O/c1-2-22-12-11-20-19(22)16-21-13-14-23-18(15-21)10-6-9-17-7-4-3-5-8-17/h3-5,7-8,11-12,18H,2,6,9-10,13-16H2,1H3/t18-/m1/s1. The van der Waals surface area contributed by atoms with E-state index in [4.69, 9.17) is 4.74 Å². The highest BCUT2D eigenvalue weighted by atomic mass is 16.5. The van der Waals surface area contributed by atoms with E-state index in [9.17, 15) is 0 Å². The van der Waals surface area contributed by atoms with Crippen LogP contribution in [0.25, 0.3) is 0 Å². The predicted molar refractivity (Wildman–Crippen MR) is 92.3 cm³/mol. The van der Waals surface area contributed by atoms with Crippen molar-refractivity contribution in [3.8, 4) is 0 Å². The first-order valence-electron chi connectivity index (χ1n) is 8.73. The Balaban J connectivity index is 1.44. The van der Waals surface area contributed by atoms with Gasteiger partial charge in [-0.15, -0.1) is 0 Å². The van der Waals surface area contributed by atoms with Crippen LogP contribution in [0, 0.1) is 0 Å². The second-order valence-corrected chi connectivity index (χ2v) is 6.24. The van der Waals surface area contributed by atoms with Crippen LogP contribution < -0.4 is 0 Å². The van der Waals surface area contributed by atoms with Gasteiger partial charge >= 0.3 is 0 Å². The summed E-state index contributed by atoms with van der Waals surface area (Å²) in [5.74, 6) is 1.16. The molecule has 1 fully saturated rings. The van der Waals surface area contributed by atoms with Crippen molar-refractivity contribution < 1.29 is 4.74 Å². The van der Waals surface area contributed by atoms with Crippen LogP contribution >= 0.6 is 0 Å². The van der Waals surface area contributed by atoms with Gasteiger partial charge in [0.1, 0.15) is 5.82 Å². The van der Waals surface area contributed by atoms with Crippen molar-refractivity contribution in [2.24, 2.45) is 0 Å². The highest BCUT2D eigenvalue weighted by Gasteiger charge is 2.21. The molecule has 0 unspecified atom stereocenters. The van der Waals surface area contributed by atoms with E-state index in [0.29, 0.717) is 6.10 Å². The van der Waals surface area contributed by atoms with Gasteiger partial charge in [0.2, 0.25) is 0 Å². The van der Waals surface area contributed by atoms with Crippen LogP contribution in [-0.2, 0) is 24.2 Å². The topological polar surface area (TPSA) is 30.3 Å². The smallest absolute Gasteiger partial charge is 0.122 e. The molecule has 1 aromatic heterocycles. The fourth-order valence-electron chi connectivity index (χ4n) is 3.26. The van der Waals surface area contributed by atoms with E-state index in [-0.39, 0.29) is 0 Å². The molecular weight excluding hydrogens is 286 g/mol. The number of ether oxygens (including phenoxy) is 1. The number of rotatable bonds is 7. The number of morpholine rings is 1.